The maximum absolute atomic E-state index is 11.5. The number of hydrogen-bond acceptors (Lipinski definition) is 4. The summed E-state index contributed by atoms with van der Waals surface area (Å²) in [5, 5.41) is 2.58. The van der Waals surface area contributed by atoms with E-state index in [4.69, 9.17) is 10.5 Å². The first kappa shape index (κ1) is 13.2. The first-order valence-electron chi connectivity index (χ1n) is 5.34. The first-order valence-corrected chi connectivity index (χ1v) is 5.34. The molecule has 0 fully saturated rings. The number of benzene rings is 1. The highest BCUT2D eigenvalue weighted by atomic mass is 16.5. The standard InChI is InChI=1S/C12H16N2O3/c1-8(2)17-12(16)9-3-5-10(6-4-9)14-11(15)7-13/h3-6,8H,7,13H2,1-2H3,(H,14,15). The summed E-state index contributed by atoms with van der Waals surface area (Å²) in [6.07, 6.45) is -0.154. The SMILES string of the molecule is CC(C)OC(=O)c1ccc(NC(=O)CN)cc1. The molecule has 0 spiro atoms. The summed E-state index contributed by atoms with van der Waals surface area (Å²) in [5.74, 6) is -0.654. The molecule has 0 saturated carbocycles. The van der Waals surface area contributed by atoms with Gasteiger partial charge in [-0.25, -0.2) is 4.79 Å². The zero-order valence-corrected chi connectivity index (χ0v) is 9.90. The van der Waals surface area contributed by atoms with Crippen molar-refractivity contribution in [3.63, 3.8) is 0 Å². The quantitative estimate of drug-likeness (QED) is 0.768. The van der Waals surface area contributed by atoms with Gasteiger partial charge in [0.1, 0.15) is 0 Å². The molecule has 0 heterocycles. The zero-order chi connectivity index (χ0) is 12.8. The minimum Gasteiger partial charge on any atom is -0.459 e. The second-order valence-corrected chi connectivity index (χ2v) is 3.78. The fourth-order valence-corrected chi connectivity index (χ4v) is 1.18. The number of carbonyl (C=O) groups is 2. The van der Waals surface area contributed by atoms with Gasteiger partial charge in [0.2, 0.25) is 5.91 Å². The monoisotopic (exact) mass is 236 g/mol. The van der Waals surface area contributed by atoms with E-state index < -0.39 is 0 Å². The average Bonchev–Trinajstić information content (AvgIpc) is 2.28. The minimum atomic E-state index is -0.378. The van der Waals surface area contributed by atoms with Gasteiger partial charge in [0, 0.05) is 5.69 Å². The highest BCUT2D eigenvalue weighted by Crippen LogP contribution is 2.11. The third kappa shape index (κ3) is 4.24. The van der Waals surface area contributed by atoms with E-state index in [9.17, 15) is 9.59 Å². The molecule has 1 amide bonds. The number of rotatable bonds is 4. The minimum absolute atomic E-state index is 0.0723. The smallest absolute Gasteiger partial charge is 0.338 e. The Bertz CT molecular complexity index is 399. The number of anilines is 1. The van der Waals surface area contributed by atoms with Crippen molar-refractivity contribution >= 4 is 17.6 Å². The van der Waals surface area contributed by atoms with E-state index in [1.54, 1.807) is 38.1 Å². The van der Waals surface area contributed by atoms with E-state index >= 15 is 0 Å². The second kappa shape index (κ2) is 6.00. The molecule has 0 radical (unpaired) electrons. The first-order chi connectivity index (χ1) is 8.02. The molecule has 0 saturated heterocycles. The van der Waals surface area contributed by atoms with Crippen LogP contribution in [0, 0.1) is 0 Å². The summed E-state index contributed by atoms with van der Waals surface area (Å²) >= 11 is 0. The van der Waals surface area contributed by atoms with Crippen molar-refractivity contribution in [2.75, 3.05) is 11.9 Å². The van der Waals surface area contributed by atoms with Gasteiger partial charge in [-0.2, -0.15) is 0 Å². The van der Waals surface area contributed by atoms with Crippen LogP contribution in [0.3, 0.4) is 0 Å². The topological polar surface area (TPSA) is 81.4 Å². The van der Waals surface area contributed by atoms with Gasteiger partial charge < -0.3 is 15.8 Å². The van der Waals surface area contributed by atoms with Crippen LogP contribution in [0.2, 0.25) is 0 Å². The van der Waals surface area contributed by atoms with Crippen molar-refractivity contribution in [1.82, 2.24) is 0 Å². The molecule has 0 unspecified atom stereocenters. The van der Waals surface area contributed by atoms with Gasteiger partial charge in [-0.1, -0.05) is 0 Å². The third-order valence-corrected chi connectivity index (χ3v) is 1.93. The molecule has 92 valence electrons. The Hall–Kier alpha value is -1.88. The van der Waals surface area contributed by atoms with Crippen LogP contribution in [0.15, 0.2) is 24.3 Å². The predicted molar refractivity (Wildman–Crippen MR) is 64.7 cm³/mol. The molecular weight excluding hydrogens is 220 g/mol. The number of nitrogens with two attached hydrogens (primary N) is 1. The maximum atomic E-state index is 11.5. The van der Waals surface area contributed by atoms with Gasteiger partial charge in [0.25, 0.3) is 0 Å². The van der Waals surface area contributed by atoms with E-state index in [-0.39, 0.29) is 24.5 Å². The molecule has 17 heavy (non-hydrogen) atoms. The van der Waals surface area contributed by atoms with Crippen molar-refractivity contribution in [1.29, 1.82) is 0 Å². The molecule has 5 nitrogen and oxygen atoms in total. The molecule has 3 N–H and O–H groups in total. The van der Waals surface area contributed by atoms with E-state index in [1.165, 1.54) is 0 Å². The number of amides is 1. The Kier molecular flexibility index (Phi) is 4.66. The largest absolute Gasteiger partial charge is 0.459 e. The number of hydrogen-bond donors (Lipinski definition) is 2. The fourth-order valence-electron chi connectivity index (χ4n) is 1.18. The number of ether oxygens (including phenoxy) is 1. The van der Waals surface area contributed by atoms with E-state index in [0.717, 1.165) is 0 Å². The van der Waals surface area contributed by atoms with Crippen molar-refractivity contribution in [3.8, 4) is 0 Å². The van der Waals surface area contributed by atoms with E-state index in [1.807, 2.05) is 0 Å². The second-order valence-electron chi connectivity index (χ2n) is 3.78. The molecule has 0 aliphatic carbocycles. The summed E-state index contributed by atoms with van der Waals surface area (Å²) in [6.45, 7) is 3.50. The summed E-state index contributed by atoms with van der Waals surface area (Å²) < 4.78 is 5.03. The highest BCUT2D eigenvalue weighted by Gasteiger charge is 2.08. The van der Waals surface area contributed by atoms with Gasteiger partial charge >= 0.3 is 5.97 Å². The van der Waals surface area contributed by atoms with Crippen LogP contribution in [0.5, 0.6) is 0 Å². The van der Waals surface area contributed by atoms with E-state index in [0.29, 0.717) is 11.3 Å². The van der Waals surface area contributed by atoms with Crippen LogP contribution in [-0.4, -0.2) is 24.5 Å². The summed E-state index contributed by atoms with van der Waals surface area (Å²) in [7, 11) is 0. The summed E-state index contributed by atoms with van der Waals surface area (Å²) in [5.41, 5.74) is 6.21. The number of nitrogens with one attached hydrogen (secondary N) is 1. The average molecular weight is 236 g/mol. The highest BCUT2D eigenvalue weighted by molar-refractivity contribution is 5.93. The lowest BCUT2D eigenvalue weighted by Gasteiger charge is -2.08. The Morgan fingerprint density at radius 3 is 2.35 bits per heavy atom. The normalized spacial score (nSPS) is 10.1. The lowest BCUT2D eigenvalue weighted by Crippen LogP contribution is -2.21. The van der Waals surface area contributed by atoms with Crippen molar-refractivity contribution in [2.45, 2.75) is 20.0 Å². The molecule has 0 bridgehead atoms. The molecular formula is C12H16N2O3. The fraction of sp³-hybridized carbons (Fsp3) is 0.333. The lowest BCUT2D eigenvalue weighted by atomic mass is 10.2. The van der Waals surface area contributed by atoms with Crippen LogP contribution in [0.4, 0.5) is 5.69 Å². The van der Waals surface area contributed by atoms with Crippen molar-refractivity contribution in [2.24, 2.45) is 5.73 Å². The maximum Gasteiger partial charge on any atom is 0.338 e. The van der Waals surface area contributed by atoms with Crippen molar-refractivity contribution in [3.05, 3.63) is 29.8 Å². The van der Waals surface area contributed by atoms with Crippen LogP contribution < -0.4 is 11.1 Å². The van der Waals surface area contributed by atoms with Gasteiger partial charge in [-0.3, -0.25) is 4.79 Å². The number of carbonyl (C=O) groups excluding carboxylic acids is 2. The van der Waals surface area contributed by atoms with Gasteiger partial charge in [0.05, 0.1) is 18.2 Å². The third-order valence-electron chi connectivity index (χ3n) is 1.93. The molecule has 0 aromatic heterocycles. The van der Waals surface area contributed by atoms with Crippen molar-refractivity contribution < 1.29 is 14.3 Å². The summed E-state index contributed by atoms with van der Waals surface area (Å²) in [6, 6.07) is 6.45. The van der Waals surface area contributed by atoms with Gasteiger partial charge in [-0.05, 0) is 38.1 Å². The van der Waals surface area contributed by atoms with Crippen LogP contribution in [0.1, 0.15) is 24.2 Å². The van der Waals surface area contributed by atoms with Gasteiger partial charge in [0.15, 0.2) is 0 Å². The molecule has 5 heteroatoms. The van der Waals surface area contributed by atoms with Crippen LogP contribution in [-0.2, 0) is 9.53 Å². The molecule has 1 aromatic rings. The Labute approximate surface area is 99.9 Å². The lowest BCUT2D eigenvalue weighted by molar-refractivity contribution is -0.114. The Balaban J connectivity index is 2.67. The predicted octanol–water partition coefficient (Wildman–Crippen LogP) is 1.15. The van der Waals surface area contributed by atoms with E-state index in [2.05, 4.69) is 5.32 Å². The summed E-state index contributed by atoms with van der Waals surface area (Å²) in [4.78, 5) is 22.5. The zero-order valence-electron chi connectivity index (χ0n) is 9.90. The van der Waals surface area contributed by atoms with Crippen LogP contribution >= 0.6 is 0 Å². The number of esters is 1. The van der Waals surface area contributed by atoms with Gasteiger partial charge in [-0.15, -0.1) is 0 Å². The van der Waals surface area contributed by atoms with Crippen LogP contribution in [0.25, 0.3) is 0 Å². The molecule has 0 aliphatic heterocycles. The Morgan fingerprint density at radius 1 is 1.29 bits per heavy atom. The molecule has 0 aliphatic rings. The molecule has 1 aromatic carbocycles. The Morgan fingerprint density at radius 2 is 1.88 bits per heavy atom. The molecule has 0 atom stereocenters. The molecule has 1 rings (SSSR count).